The molecule has 0 unspecified atom stereocenters. The summed E-state index contributed by atoms with van der Waals surface area (Å²) in [5.74, 6) is 0.0858. The van der Waals surface area contributed by atoms with Gasteiger partial charge in [-0.15, -0.1) is 0 Å². The van der Waals surface area contributed by atoms with Crippen LogP contribution in [0.5, 0.6) is 11.5 Å². The fourth-order valence-electron chi connectivity index (χ4n) is 2.58. The topological polar surface area (TPSA) is 73.1 Å². The lowest BCUT2D eigenvalue weighted by molar-refractivity contribution is 0.317. The molecule has 0 atom stereocenters. The Morgan fingerprint density at radius 3 is 2.23 bits per heavy atom. The second-order valence-corrected chi connectivity index (χ2v) is 5.81. The molecule has 0 aromatic heterocycles. The van der Waals surface area contributed by atoms with Crippen molar-refractivity contribution in [3.63, 3.8) is 0 Å². The Morgan fingerprint density at radius 1 is 0.909 bits per heavy atom. The van der Waals surface area contributed by atoms with Crippen LogP contribution in [0.25, 0.3) is 0 Å². The third kappa shape index (κ3) is 5.58. The van der Waals surface area contributed by atoms with Gasteiger partial charge in [0.05, 0.1) is 5.71 Å². The summed E-state index contributed by atoms with van der Waals surface area (Å²) in [5.41, 5.74) is 1.82. The van der Waals surface area contributed by atoms with Crippen molar-refractivity contribution in [3.05, 3.63) is 23.3 Å². The number of hydrogen-bond donors (Lipinski definition) is 3. The van der Waals surface area contributed by atoms with E-state index in [0.29, 0.717) is 17.7 Å². The van der Waals surface area contributed by atoms with Gasteiger partial charge in [0.1, 0.15) is 11.5 Å². The fraction of sp³-hybridized carbons (Fsp3) is 0.611. The van der Waals surface area contributed by atoms with Crippen LogP contribution in [0.3, 0.4) is 0 Å². The number of rotatable bonds is 10. The molecule has 0 spiro atoms. The van der Waals surface area contributed by atoms with Crippen molar-refractivity contribution in [2.24, 2.45) is 5.16 Å². The molecule has 1 aromatic carbocycles. The summed E-state index contributed by atoms with van der Waals surface area (Å²) in [4.78, 5) is 0. The van der Waals surface area contributed by atoms with Crippen molar-refractivity contribution < 1.29 is 15.4 Å². The molecule has 0 aliphatic rings. The molecule has 4 heteroatoms. The van der Waals surface area contributed by atoms with Gasteiger partial charge in [-0.25, -0.2) is 0 Å². The standard InChI is InChI=1S/C18H29NO3/c1-3-5-7-9-10-14-12-15(18(21)13-17(14)20)16(19-22)11-8-6-4-2/h12-13,20-22H,3-11H2,1-2H3/b19-16+. The smallest absolute Gasteiger partial charge is 0.128 e. The quantitative estimate of drug-likeness (QED) is 0.247. The number of aromatic hydroxyl groups is 2. The SMILES string of the molecule is CCCCCCc1cc(/C(CCCCC)=N/O)c(O)cc1O. The van der Waals surface area contributed by atoms with Crippen molar-refractivity contribution in [2.45, 2.75) is 71.6 Å². The van der Waals surface area contributed by atoms with E-state index in [1.807, 2.05) is 0 Å². The van der Waals surface area contributed by atoms with E-state index in [9.17, 15) is 15.4 Å². The first kappa shape index (κ1) is 18.3. The highest BCUT2D eigenvalue weighted by Crippen LogP contribution is 2.30. The number of unbranched alkanes of at least 4 members (excludes halogenated alkanes) is 5. The lowest BCUT2D eigenvalue weighted by Gasteiger charge is -2.11. The highest BCUT2D eigenvalue weighted by molar-refractivity contribution is 6.02. The zero-order valence-corrected chi connectivity index (χ0v) is 13.8. The fourth-order valence-corrected chi connectivity index (χ4v) is 2.58. The summed E-state index contributed by atoms with van der Waals surface area (Å²) in [5, 5.41) is 32.6. The molecule has 1 aromatic rings. The number of nitrogens with zero attached hydrogens (tertiary/aromatic N) is 1. The molecule has 0 amide bonds. The van der Waals surface area contributed by atoms with Gasteiger partial charge >= 0.3 is 0 Å². The van der Waals surface area contributed by atoms with Crippen molar-refractivity contribution in [1.82, 2.24) is 0 Å². The molecule has 0 bridgehead atoms. The molecule has 0 aliphatic heterocycles. The third-order valence-electron chi connectivity index (χ3n) is 3.95. The normalized spacial score (nSPS) is 11.8. The maximum atomic E-state index is 10.0. The van der Waals surface area contributed by atoms with Crippen molar-refractivity contribution in [2.75, 3.05) is 0 Å². The van der Waals surface area contributed by atoms with E-state index in [2.05, 4.69) is 19.0 Å². The van der Waals surface area contributed by atoms with Gasteiger partial charge in [-0.3, -0.25) is 0 Å². The number of aryl methyl sites for hydroxylation is 1. The number of benzene rings is 1. The average molecular weight is 307 g/mol. The van der Waals surface area contributed by atoms with Crippen LogP contribution in [0.1, 0.15) is 76.3 Å². The van der Waals surface area contributed by atoms with E-state index in [1.165, 1.54) is 18.9 Å². The van der Waals surface area contributed by atoms with Crippen LogP contribution >= 0.6 is 0 Å². The van der Waals surface area contributed by atoms with Crippen LogP contribution in [0.2, 0.25) is 0 Å². The molecule has 0 saturated carbocycles. The van der Waals surface area contributed by atoms with Crippen LogP contribution in [0.15, 0.2) is 17.3 Å². The largest absolute Gasteiger partial charge is 0.508 e. The zero-order chi connectivity index (χ0) is 16.4. The van der Waals surface area contributed by atoms with Gasteiger partial charge in [0.25, 0.3) is 0 Å². The molecule has 0 fully saturated rings. The Bertz CT molecular complexity index is 483. The molecule has 3 N–H and O–H groups in total. The number of phenolic OH excluding ortho intramolecular Hbond substituents is 2. The Kier molecular flexibility index (Phi) is 8.41. The second kappa shape index (κ2) is 10.1. The Balaban J connectivity index is 2.84. The predicted molar refractivity (Wildman–Crippen MR) is 90.1 cm³/mol. The zero-order valence-electron chi connectivity index (χ0n) is 13.8. The molecular formula is C18H29NO3. The highest BCUT2D eigenvalue weighted by Gasteiger charge is 2.14. The molecule has 22 heavy (non-hydrogen) atoms. The lowest BCUT2D eigenvalue weighted by atomic mass is 9.97. The van der Waals surface area contributed by atoms with Crippen LogP contribution in [-0.4, -0.2) is 21.1 Å². The van der Waals surface area contributed by atoms with Gasteiger partial charge in [-0.1, -0.05) is 51.1 Å². The predicted octanol–water partition coefficient (Wildman–Crippen LogP) is 4.98. The van der Waals surface area contributed by atoms with E-state index in [1.54, 1.807) is 6.07 Å². The van der Waals surface area contributed by atoms with E-state index >= 15 is 0 Å². The molecule has 4 nitrogen and oxygen atoms in total. The summed E-state index contributed by atoms with van der Waals surface area (Å²) in [6.07, 6.45) is 8.95. The minimum Gasteiger partial charge on any atom is -0.508 e. The van der Waals surface area contributed by atoms with Gasteiger partial charge in [0, 0.05) is 11.6 Å². The average Bonchev–Trinajstić information content (AvgIpc) is 2.50. The van der Waals surface area contributed by atoms with Crippen LogP contribution in [-0.2, 0) is 6.42 Å². The van der Waals surface area contributed by atoms with Crippen molar-refractivity contribution >= 4 is 5.71 Å². The first-order valence-corrected chi connectivity index (χ1v) is 8.40. The first-order valence-electron chi connectivity index (χ1n) is 8.40. The Labute approximate surface area is 133 Å². The van der Waals surface area contributed by atoms with E-state index in [-0.39, 0.29) is 11.5 Å². The Morgan fingerprint density at radius 2 is 1.59 bits per heavy atom. The van der Waals surface area contributed by atoms with E-state index < -0.39 is 0 Å². The van der Waals surface area contributed by atoms with Gasteiger partial charge in [0.2, 0.25) is 0 Å². The summed E-state index contributed by atoms with van der Waals surface area (Å²) >= 11 is 0. The molecular weight excluding hydrogens is 278 g/mol. The number of phenols is 2. The minimum atomic E-state index is -0.0286. The van der Waals surface area contributed by atoms with Gasteiger partial charge in [-0.2, -0.15) is 0 Å². The number of oxime groups is 1. The maximum absolute atomic E-state index is 10.0. The van der Waals surface area contributed by atoms with Gasteiger partial charge in [-0.05, 0) is 37.3 Å². The lowest BCUT2D eigenvalue weighted by Crippen LogP contribution is -2.03. The molecule has 0 saturated heterocycles. The first-order chi connectivity index (χ1) is 10.6. The van der Waals surface area contributed by atoms with Crippen LogP contribution in [0.4, 0.5) is 0 Å². The molecule has 0 heterocycles. The minimum absolute atomic E-state index is 0.0286. The Hall–Kier alpha value is -1.71. The number of hydrogen-bond acceptors (Lipinski definition) is 4. The summed E-state index contributed by atoms with van der Waals surface area (Å²) in [6.45, 7) is 4.28. The maximum Gasteiger partial charge on any atom is 0.128 e. The highest BCUT2D eigenvalue weighted by atomic mass is 16.4. The summed E-state index contributed by atoms with van der Waals surface area (Å²) in [7, 11) is 0. The summed E-state index contributed by atoms with van der Waals surface area (Å²) in [6, 6.07) is 3.12. The van der Waals surface area contributed by atoms with E-state index in [4.69, 9.17) is 0 Å². The van der Waals surface area contributed by atoms with Crippen molar-refractivity contribution in [1.29, 1.82) is 0 Å². The monoisotopic (exact) mass is 307 g/mol. The molecule has 0 aliphatic carbocycles. The van der Waals surface area contributed by atoms with Crippen LogP contribution in [0, 0.1) is 0 Å². The third-order valence-corrected chi connectivity index (χ3v) is 3.95. The van der Waals surface area contributed by atoms with Gasteiger partial charge < -0.3 is 15.4 Å². The summed E-state index contributed by atoms with van der Waals surface area (Å²) < 4.78 is 0. The van der Waals surface area contributed by atoms with Crippen molar-refractivity contribution in [3.8, 4) is 11.5 Å². The van der Waals surface area contributed by atoms with E-state index in [0.717, 1.165) is 44.1 Å². The molecule has 0 radical (unpaired) electrons. The molecule has 1 rings (SSSR count). The van der Waals surface area contributed by atoms with Gasteiger partial charge in [0.15, 0.2) is 0 Å². The second-order valence-electron chi connectivity index (χ2n) is 5.81. The molecule has 124 valence electrons. The van der Waals surface area contributed by atoms with Crippen LogP contribution < -0.4 is 0 Å².